The van der Waals surface area contributed by atoms with Crippen LogP contribution in [0.15, 0.2) is 36.5 Å². The van der Waals surface area contributed by atoms with Crippen molar-refractivity contribution >= 4 is 10.1 Å². The molecule has 0 spiro atoms. The average molecular weight is 309 g/mol. The van der Waals surface area contributed by atoms with Crippen LogP contribution in [-0.2, 0) is 10.1 Å². The highest BCUT2D eigenvalue weighted by atomic mass is 32.2. The average Bonchev–Trinajstić information content (AvgIpc) is 2.72. The number of nitrogens with zero attached hydrogens (tertiary/aromatic N) is 1. The van der Waals surface area contributed by atoms with Crippen LogP contribution >= 0.6 is 0 Å². The van der Waals surface area contributed by atoms with Gasteiger partial charge in [-0.25, -0.2) is 0 Å². The number of rotatable bonds is 1. The van der Waals surface area contributed by atoms with Crippen LogP contribution in [0.5, 0.6) is 0 Å². The highest BCUT2D eigenvalue weighted by molar-refractivity contribution is 7.86. The smallest absolute Gasteiger partial charge is 0.268 e. The van der Waals surface area contributed by atoms with Crippen LogP contribution in [0.3, 0.4) is 0 Å². The summed E-state index contributed by atoms with van der Waals surface area (Å²) >= 11 is 0. The molecule has 1 saturated carbocycles. The molecule has 0 saturated heterocycles. The van der Waals surface area contributed by atoms with Gasteiger partial charge in [0.25, 0.3) is 10.1 Å². The van der Waals surface area contributed by atoms with Gasteiger partial charge in [0.2, 0.25) is 0 Å². The second-order valence-electron chi connectivity index (χ2n) is 6.68. The van der Waals surface area contributed by atoms with Gasteiger partial charge in [0.15, 0.2) is 0 Å². The first-order chi connectivity index (χ1) is 9.59. The summed E-state index contributed by atoms with van der Waals surface area (Å²) < 4.78 is 31.7. The van der Waals surface area contributed by atoms with Gasteiger partial charge in [-0.3, -0.25) is 9.54 Å². The lowest BCUT2D eigenvalue weighted by Gasteiger charge is -2.36. The molecule has 0 aliphatic heterocycles. The van der Waals surface area contributed by atoms with E-state index in [0.29, 0.717) is 6.42 Å². The van der Waals surface area contributed by atoms with E-state index in [1.165, 1.54) is 0 Å². The zero-order valence-electron chi connectivity index (χ0n) is 12.9. The van der Waals surface area contributed by atoms with E-state index in [-0.39, 0.29) is 11.3 Å². The van der Waals surface area contributed by atoms with Crippen LogP contribution in [0.25, 0.3) is 0 Å². The quantitative estimate of drug-likeness (QED) is 0.638. The summed E-state index contributed by atoms with van der Waals surface area (Å²) in [5.74, 6) is 0.277. The van der Waals surface area contributed by atoms with Crippen LogP contribution in [0, 0.1) is 23.7 Å². The highest BCUT2D eigenvalue weighted by Gasteiger charge is 2.62. The van der Waals surface area contributed by atoms with Crippen LogP contribution in [0.2, 0.25) is 0 Å². The molecule has 5 heteroatoms. The van der Waals surface area contributed by atoms with Crippen LogP contribution in [-0.4, -0.2) is 23.2 Å². The van der Waals surface area contributed by atoms with Crippen LogP contribution in [0.4, 0.5) is 0 Å². The third-order valence-electron chi connectivity index (χ3n) is 5.30. The summed E-state index contributed by atoms with van der Waals surface area (Å²) in [7, 11) is -3.91. The summed E-state index contributed by atoms with van der Waals surface area (Å²) in [6, 6.07) is 5.86. The van der Waals surface area contributed by atoms with Crippen LogP contribution < -0.4 is 0 Å². The van der Waals surface area contributed by atoms with E-state index in [0.717, 1.165) is 5.69 Å². The van der Waals surface area contributed by atoms with Gasteiger partial charge in [0.1, 0.15) is 0 Å². The lowest BCUT2D eigenvalue weighted by atomic mass is 9.70. The standard InChI is InChI=1S/C10H16O3S.C6H7N/c1-9(2)7-4-5-10(9,3)8(6-7)14(11,12)13;1-6-4-2-3-5-7-6/h4-5,7-8H,6H2,1-3H3,(H,11,12,13);2-5H,1H3. The first kappa shape index (κ1) is 16.2. The highest BCUT2D eigenvalue weighted by Crippen LogP contribution is 2.63. The van der Waals surface area contributed by atoms with Gasteiger partial charge in [-0.1, -0.05) is 39.0 Å². The molecule has 0 radical (unpaired) electrons. The summed E-state index contributed by atoms with van der Waals surface area (Å²) in [6.07, 6.45) is 6.38. The molecule has 0 amide bonds. The van der Waals surface area contributed by atoms with Gasteiger partial charge in [-0.15, -0.1) is 0 Å². The second-order valence-corrected chi connectivity index (χ2v) is 8.28. The van der Waals surface area contributed by atoms with E-state index < -0.39 is 20.8 Å². The molecule has 2 aliphatic carbocycles. The molecule has 116 valence electrons. The van der Waals surface area contributed by atoms with Crippen molar-refractivity contribution in [3.8, 4) is 0 Å². The third kappa shape index (κ3) is 2.77. The maximum atomic E-state index is 11.2. The Morgan fingerprint density at radius 1 is 1.29 bits per heavy atom. The Morgan fingerprint density at radius 3 is 2.19 bits per heavy atom. The predicted octanol–water partition coefficient (Wildman–Crippen LogP) is 3.26. The van der Waals surface area contributed by atoms with Crippen molar-refractivity contribution in [1.29, 1.82) is 0 Å². The minimum atomic E-state index is -3.91. The summed E-state index contributed by atoms with van der Waals surface area (Å²) in [5.41, 5.74) is 0.598. The van der Waals surface area contributed by atoms with Crippen LogP contribution in [0.1, 0.15) is 32.9 Å². The van der Waals surface area contributed by atoms with Crippen molar-refractivity contribution in [2.45, 2.75) is 39.4 Å². The third-order valence-corrected chi connectivity index (χ3v) is 6.70. The molecule has 2 aliphatic rings. The molecule has 1 heterocycles. The fraction of sp³-hybridized carbons (Fsp3) is 0.562. The fourth-order valence-electron chi connectivity index (χ4n) is 3.42. The van der Waals surface area contributed by atoms with E-state index in [9.17, 15) is 13.0 Å². The van der Waals surface area contributed by atoms with Crippen molar-refractivity contribution in [1.82, 2.24) is 4.98 Å². The second kappa shape index (κ2) is 5.21. The monoisotopic (exact) mass is 309 g/mol. The van der Waals surface area contributed by atoms with Gasteiger partial charge < -0.3 is 0 Å². The topological polar surface area (TPSA) is 67.3 Å². The molecule has 1 aromatic rings. The Bertz CT molecular complexity index is 637. The van der Waals surface area contributed by atoms with Crippen molar-refractivity contribution < 1.29 is 13.0 Å². The van der Waals surface area contributed by atoms with Gasteiger partial charge in [-0.2, -0.15) is 8.42 Å². The SMILES string of the molecule is CC1(C)C2C=CC1(C)C(S(=O)(=O)O)C2.Cc1ccccn1. The Labute approximate surface area is 127 Å². The van der Waals surface area contributed by atoms with E-state index in [1.807, 2.05) is 38.1 Å². The molecule has 1 N–H and O–H groups in total. The number of fused-ring (bicyclic) bond motifs is 2. The number of hydrogen-bond acceptors (Lipinski definition) is 3. The number of allylic oxidation sites excluding steroid dienone is 2. The normalized spacial score (nSPS) is 32.6. The Hall–Kier alpha value is -1.20. The van der Waals surface area contributed by atoms with Crippen molar-refractivity contribution in [3.05, 3.63) is 42.2 Å². The molecule has 1 fully saturated rings. The molecular formula is C16H23NO3S. The fourth-order valence-corrected chi connectivity index (χ4v) is 4.87. The predicted molar refractivity (Wildman–Crippen MR) is 83.4 cm³/mol. The number of pyridine rings is 1. The molecule has 3 atom stereocenters. The first-order valence-electron chi connectivity index (χ1n) is 7.12. The number of hydrogen-bond donors (Lipinski definition) is 1. The minimum absolute atomic E-state index is 0.0620. The Balaban J connectivity index is 0.000000194. The molecule has 3 unspecified atom stereocenters. The summed E-state index contributed by atoms with van der Waals surface area (Å²) in [5, 5.41) is -0.625. The maximum absolute atomic E-state index is 11.2. The van der Waals surface area contributed by atoms with Gasteiger partial charge in [-0.05, 0) is 36.8 Å². The Kier molecular flexibility index (Phi) is 4.02. The zero-order valence-corrected chi connectivity index (χ0v) is 13.8. The first-order valence-corrected chi connectivity index (χ1v) is 8.62. The molecule has 1 aromatic heterocycles. The molecular weight excluding hydrogens is 286 g/mol. The molecule has 2 bridgehead atoms. The zero-order chi connectivity index (χ0) is 15.9. The molecule has 3 rings (SSSR count). The lowest BCUT2D eigenvalue weighted by Crippen LogP contribution is -2.39. The molecule has 0 aromatic carbocycles. The Morgan fingerprint density at radius 2 is 1.95 bits per heavy atom. The van der Waals surface area contributed by atoms with Gasteiger partial charge in [0.05, 0.1) is 5.25 Å². The maximum Gasteiger partial charge on any atom is 0.268 e. The number of aryl methyl sites for hydroxylation is 1. The number of aromatic nitrogens is 1. The summed E-state index contributed by atoms with van der Waals surface area (Å²) in [6.45, 7) is 8.04. The van der Waals surface area contributed by atoms with E-state index in [1.54, 1.807) is 6.20 Å². The van der Waals surface area contributed by atoms with Gasteiger partial charge >= 0.3 is 0 Å². The van der Waals surface area contributed by atoms with Crippen molar-refractivity contribution in [2.75, 3.05) is 0 Å². The lowest BCUT2D eigenvalue weighted by molar-refractivity contribution is 0.181. The van der Waals surface area contributed by atoms with E-state index >= 15 is 0 Å². The summed E-state index contributed by atoms with van der Waals surface area (Å²) in [4.78, 5) is 3.98. The van der Waals surface area contributed by atoms with E-state index in [2.05, 4.69) is 24.9 Å². The van der Waals surface area contributed by atoms with Crippen molar-refractivity contribution in [3.63, 3.8) is 0 Å². The molecule has 4 nitrogen and oxygen atoms in total. The largest absolute Gasteiger partial charge is 0.285 e. The van der Waals surface area contributed by atoms with E-state index in [4.69, 9.17) is 0 Å². The molecule has 21 heavy (non-hydrogen) atoms. The van der Waals surface area contributed by atoms with Crippen molar-refractivity contribution in [2.24, 2.45) is 16.7 Å². The van der Waals surface area contributed by atoms with Gasteiger partial charge in [0, 0.05) is 17.3 Å². The minimum Gasteiger partial charge on any atom is -0.285 e.